The maximum absolute atomic E-state index is 4.97. The quantitative estimate of drug-likeness (QED) is 0.424. The van der Waals surface area contributed by atoms with E-state index in [9.17, 15) is 0 Å². The molecule has 0 aromatic rings. The van der Waals surface area contributed by atoms with Crippen molar-refractivity contribution < 1.29 is 0 Å². The van der Waals surface area contributed by atoms with Crippen LogP contribution in [0.4, 0.5) is 0 Å². The molecule has 23 valence electrons. The fourth-order valence-electron chi connectivity index (χ4n) is 0. The third kappa shape index (κ3) is 2.00. The Balaban J connectivity index is 1.97. The van der Waals surface area contributed by atoms with Crippen LogP contribution in [0.3, 0.4) is 0 Å². The van der Waals surface area contributed by atoms with Gasteiger partial charge >= 0.3 is 0 Å². The molecule has 0 amide bonds. The molecule has 0 heterocycles. The predicted molar refractivity (Wildman–Crippen MR) is 18.9 cm³/mol. The number of hydrogen-bond acceptors (Lipinski definition) is 0. The standard InChI is InChI=1S/C4H7/c1-3-4-2/h1,4H,3H2,2H3. The van der Waals surface area contributed by atoms with Gasteiger partial charge in [-0.15, -0.1) is 0 Å². The van der Waals surface area contributed by atoms with Gasteiger partial charge in [-0.3, -0.25) is 0 Å². The van der Waals surface area contributed by atoms with E-state index in [-0.39, 0.29) is 0 Å². The molecule has 0 saturated carbocycles. The molecule has 4 heavy (non-hydrogen) atoms. The predicted octanol–water partition coefficient (Wildman–Crippen LogP) is 1.31. The number of unbranched alkanes of at least 4 members (excludes halogenated alkanes) is 1. The van der Waals surface area contributed by atoms with E-state index in [1.165, 1.54) is 0 Å². The Labute approximate surface area is 27.8 Å². The fraction of sp³-hybridized carbons (Fsp3) is 0.500. The average molecular weight is 55.1 g/mol. The molecule has 0 nitrogen and oxygen atoms in total. The maximum Gasteiger partial charge on any atom is -0.0349 e. The summed E-state index contributed by atoms with van der Waals surface area (Å²) in [6.07, 6.45) is 2.60. The van der Waals surface area contributed by atoms with E-state index in [2.05, 4.69) is 0 Å². The molecule has 0 saturated heterocycles. The third-order valence-electron chi connectivity index (χ3n) is 0.236. The van der Waals surface area contributed by atoms with Crippen molar-refractivity contribution in [3.63, 3.8) is 0 Å². The Morgan fingerprint density at radius 3 is 2.25 bits per heavy atom. The summed E-state index contributed by atoms with van der Waals surface area (Å²) in [5.74, 6) is 0. The van der Waals surface area contributed by atoms with Crippen LogP contribution in [0.5, 0.6) is 0 Å². The lowest BCUT2D eigenvalue weighted by Gasteiger charge is -1.66. The van der Waals surface area contributed by atoms with E-state index in [1.807, 2.05) is 13.3 Å². The van der Waals surface area contributed by atoms with Gasteiger partial charge in [-0.05, 0) is 19.8 Å². The van der Waals surface area contributed by atoms with Gasteiger partial charge in [0, 0.05) is 0 Å². The molecule has 0 unspecified atom stereocenters. The van der Waals surface area contributed by atoms with Gasteiger partial charge < -0.3 is 0 Å². The van der Waals surface area contributed by atoms with Gasteiger partial charge in [0.1, 0.15) is 0 Å². The summed E-state index contributed by atoms with van der Waals surface area (Å²) in [4.78, 5) is 0. The summed E-state index contributed by atoms with van der Waals surface area (Å²) in [5.41, 5.74) is 0. The Hall–Kier alpha value is 0. The van der Waals surface area contributed by atoms with E-state index < -0.39 is 0 Å². The zero-order chi connectivity index (χ0) is 3.41. The Kier molecular flexibility index (Phi) is 3.00. The zero-order valence-electron chi connectivity index (χ0n) is 2.86. The Morgan fingerprint density at radius 2 is 2.25 bits per heavy atom. The molecule has 0 N–H and O–H groups in total. The van der Waals surface area contributed by atoms with Crippen LogP contribution in [0, 0.1) is 13.3 Å². The highest BCUT2D eigenvalue weighted by molar-refractivity contribution is 4.53. The first-order valence-corrected chi connectivity index (χ1v) is 1.39. The second-order valence-corrected chi connectivity index (χ2v) is 0.644. The smallest absolute Gasteiger partial charge is 0.0349 e. The van der Waals surface area contributed by atoms with Crippen LogP contribution in [0.25, 0.3) is 0 Å². The van der Waals surface area contributed by atoms with Crippen LogP contribution < -0.4 is 0 Å². The average Bonchev–Trinajstić information content (AvgIpc) is 1.37. The van der Waals surface area contributed by atoms with Crippen LogP contribution in [0.1, 0.15) is 13.3 Å². The minimum absolute atomic E-state index is 0.694. The molecule has 0 aromatic heterocycles. The molecule has 3 radical (unpaired) electrons. The molecule has 0 aromatic carbocycles. The summed E-state index contributed by atoms with van der Waals surface area (Å²) >= 11 is 0. The van der Waals surface area contributed by atoms with Gasteiger partial charge in [-0.1, -0.05) is 6.92 Å². The lowest BCUT2D eigenvalue weighted by molar-refractivity contribution is 1.21. The van der Waals surface area contributed by atoms with Crippen molar-refractivity contribution in [3.8, 4) is 0 Å². The van der Waals surface area contributed by atoms with Crippen molar-refractivity contribution in [1.82, 2.24) is 0 Å². The van der Waals surface area contributed by atoms with E-state index in [0.29, 0.717) is 6.42 Å². The van der Waals surface area contributed by atoms with E-state index >= 15 is 0 Å². The van der Waals surface area contributed by atoms with Gasteiger partial charge in [0.05, 0.1) is 0 Å². The molecule has 0 bridgehead atoms. The van der Waals surface area contributed by atoms with Crippen molar-refractivity contribution in [2.24, 2.45) is 0 Å². The normalized spacial score (nSPS) is 7.50. The highest BCUT2D eigenvalue weighted by Gasteiger charge is 1.57. The Bertz CT molecular complexity index is 2.00. The zero-order valence-corrected chi connectivity index (χ0v) is 2.86. The van der Waals surface area contributed by atoms with Crippen LogP contribution in [-0.2, 0) is 0 Å². The van der Waals surface area contributed by atoms with Crippen LogP contribution >= 0.6 is 0 Å². The van der Waals surface area contributed by atoms with Crippen LogP contribution in [0.2, 0.25) is 0 Å². The monoisotopic (exact) mass is 55.1 g/mol. The van der Waals surface area contributed by atoms with Crippen molar-refractivity contribution in [2.75, 3.05) is 0 Å². The SMILES string of the molecule is [CH]C[CH]C. The number of hydrogen-bond donors (Lipinski definition) is 0. The minimum Gasteiger partial charge on any atom is -0.0622 e. The topological polar surface area (TPSA) is 0 Å². The van der Waals surface area contributed by atoms with Crippen LogP contribution in [-0.4, -0.2) is 0 Å². The van der Waals surface area contributed by atoms with Gasteiger partial charge in [-0.25, -0.2) is 0 Å². The van der Waals surface area contributed by atoms with Gasteiger partial charge in [0.25, 0.3) is 0 Å². The lowest BCUT2D eigenvalue weighted by atomic mass is 10.4. The third-order valence-corrected chi connectivity index (χ3v) is 0.236. The highest BCUT2D eigenvalue weighted by atomic mass is 13.6. The molecule has 0 aliphatic rings. The Morgan fingerprint density at radius 1 is 2.00 bits per heavy atom. The molecule has 0 aliphatic carbocycles. The second-order valence-electron chi connectivity index (χ2n) is 0.644. The molecule has 0 rings (SSSR count). The van der Waals surface area contributed by atoms with Crippen molar-refractivity contribution in [3.05, 3.63) is 13.3 Å². The maximum atomic E-state index is 4.97. The van der Waals surface area contributed by atoms with Crippen LogP contribution in [0.15, 0.2) is 0 Å². The first kappa shape index (κ1) is 4.00. The fourth-order valence-corrected chi connectivity index (χ4v) is 0. The molecule has 0 fully saturated rings. The molecular formula is C4H7. The van der Waals surface area contributed by atoms with Gasteiger partial charge in [-0.2, -0.15) is 0 Å². The van der Waals surface area contributed by atoms with E-state index in [1.54, 1.807) is 0 Å². The highest BCUT2D eigenvalue weighted by Crippen LogP contribution is 1.73. The molecule has 0 atom stereocenters. The molecule has 0 spiro atoms. The summed E-state index contributed by atoms with van der Waals surface area (Å²) in [6, 6.07) is 0. The summed E-state index contributed by atoms with van der Waals surface area (Å²) in [6.45, 7) is 6.90. The van der Waals surface area contributed by atoms with E-state index in [0.717, 1.165) is 0 Å². The van der Waals surface area contributed by atoms with E-state index in [4.69, 9.17) is 6.92 Å². The van der Waals surface area contributed by atoms with Gasteiger partial charge in [0.15, 0.2) is 0 Å². The summed E-state index contributed by atoms with van der Waals surface area (Å²) in [7, 11) is 0. The molecular weight excluding hydrogens is 48.0 g/mol. The van der Waals surface area contributed by atoms with Gasteiger partial charge in [0.2, 0.25) is 0 Å². The number of rotatable bonds is 1. The largest absolute Gasteiger partial charge is 0.0622 e. The van der Waals surface area contributed by atoms with Crippen molar-refractivity contribution in [1.29, 1.82) is 0 Å². The second kappa shape index (κ2) is 3.00. The van der Waals surface area contributed by atoms with Crippen molar-refractivity contribution >= 4 is 0 Å². The first-order valence-electron chi connectivity index (χ1n) is 1.39. The summed E-state index contributed by atoms with van der Waals surface area (Å²) < 4.78 is 0. The minimum atomic E-state index is 0.694. The molecule has 0 aliphatic heterocycles. The lowest BCUT2D eigenvalue weighted by Crippen LogP contribution is -1.51. The molecule has 0 heteroatoms. The first-order chi connectivity index (χ1) is 1.91. The van der Waals surface area contributed by atoms with Crippen molar-refractivity contribution in [2.45, 2.75) is 13.3 Å². The summed E-state index contributed by atoms with van der Waals surface area (Å²) in [5, 5.41) is 0.